The van der Waals surface area contributed by atoms with Crippen molar-refractivity contribution in [3.05, 3.63) is 24.3 Å². The summed E-state index contributed by atoms with van der Waals surface area (Å²) in [5, 5.41) is 13.7. The van der Waals surface area contributed by atoms with Crippen LogP contribution in [0, 0.1) is 0 Å². The minimum absolute atomic E-state index is 0.0793. The fraction of sp³-hybridized carbons (Fsp3) is 0.889. The van der Waals surface area contributed by atoms with Crippen LogP contribution in [-0.4, -0.2) is 47.8 Å². The highest BCUT2D eigenvalue weighted by atomic mass is 31.2. The van der Waals surface area contributed by atoms with E-state index < -0.39 is 20.0 Å². The van der Waals surface area contributed by atoms with Gasteiger partial charge >= 0.3 is 7.82 Å². The Morgan fingerprint density at radius 1 is 0.593 bits per heavy atom. The van der Waals surface area contributed by atoms with E-state index in [-0.39, 0.29) is 25.7 Å². The maximum Gasteiger partial charge on any atom is 0.472 e. The molecule has 9 heteroatoms. The number of nitrogens with one attached hydrogen (secondary N) is 1. The summed E-state index contributed by atoms with van der Waals surface area (Å²) in [7, 11) is -4.34. The number of aliphatic hydroxyl groups is 1. The number of carbonyl (C=O) groups excluding carboxylic acids is 1. The average molecular weight is 785 g/mol. The van der Waals surface area contributed by atoms with E-state index in [1.807, 2.05) is 6.08 Å². The van der Waals surface area contributed by atoms with Crippen LogP contribution in [0.2, 0.25) is 0 Å². The lowest BCUT2D eigenvalue weighted by atomic mass is 10.0. The van der Waals surface area contributed by atoms with Gasteiger partial charge < -0.3 is 21.1 Å². The first-order valence-electron chi connectivity index (χ1n) is 23.0. The lowest BCUT2D eigenvalue weighted by Crippen LogP contribution is -2.45. The van der Waals surface area contributed by atoms with Crippen LogP contribution in [-0.2, 0) is 18.4 Å². The van der Waals surface area contributed by atoms with E-state index in [0.717, 1.165) is 38.5 Å². The molecule has 0 fully saturated rings. The van der Waals surface area contributed by atoms with E-state index in [2.05, 4.69) is 31.3 Å². The van der Waals surface area contributed by atoms with Crippen LogP contribution in [0.1, 0.15) is 226 Å². The number of hydrogen-bond donors (Lipinski definition) is 4. The molecule has 0 aliphatic heterocycles. The maximum atomic E-state index is 12.8. The van der Waals surface area contributed by atoms with E-state index in [9.17, 15) is 19.4 Å². The summed E-state index contributed by atoms with van der Waals surface area (Å²) < 4.78 is 22.1. The number of phosphoric ester groups is 1. The van der Waals surface area contributed by atoms with Crippen molar-refractivity contribution in [2.45, 2.75) is 238 Å². The van der Waals surface area contributed by atoms with Gasteiger partial charge in [-0.15, -0.1) is 0 Å². The molecule has 0 bridgehead atoms. The van der Waals surface area contributed by atoms with Crippen molar-refractivity contribution in [2.75, 3.05) is 19.8 Å². The van der Waals surface area contributed by atoms with Gasteiger partial charge in [-0.3, -0.25) is 13.8 Å². The zero-order valence-corrected chi connectivity index (χ0v) is 36.4. The zero-order chi connectivity index (χ0) is 39.6. The molecule has 3 unspecified atom stereocenters. The molecule has 3 atom stereocenters. The number of amides is 1. The monoisotopic (exact) mass is 785 g/mol. The van der Waals surface area contributed by atoms with Crippen LogP contribution >= 0.6 is 7.82 Å². The Morgan fingerprint density at radius 2 is 0.963 bits per heavy atom. The minimum Gasteiger partial charge on any atom is -0.387 e. The van der Waals surface area contributed by atoms with Gasteiger partial charge in [0.25, 0.3) is 0 Å². The third-order valence-electron chi connectivity index (χ3n) is 10.3. The average Bonchev–Trinajstić information content (AvgIpc) is 3.16. The SMILES string of the molecule is CCCCCCCC/C=C\CCCCCCCCCCCC(=O)NC(COP(=O)(O)OCCN)C(O)/C=C/CCCCCCCCCCCCCCCC. The van der Waals surface area contributed by atoms with Gasteiger partial charge in [0.15, 0.2) is 0 Å². The van der Waals surface area contributed by atoms with E-state index >= 15 is 0 Å². The molecule has 0 aliphatic carbocycles. The summed E-state index contributed by atoms with van der Waals surface area (Å²) in [6.07, 6.45) is 47.9. The standard InChI is InChI=1S/C45H89N2O6P/c1-3-5-7-9-11-13-15-17-19-21-22-23-25-27-29-31-33-35-37-39-45(49)47-43(42-53-54(50,51)52-41-40-46)44(48)38-36-34-32-30-28-26-24-20-18-16-14-12-10-8-6-4-2/h17,19,36,38,43-44,48H,3-16,18,20-35,37,39-42,46H2,1-2H3,(H,47,49)(H,50,51)/b19-17-,38-36+. The summed E-state index contributed by atoms with van der Waals surface area (Å²) in [5.74, 6) is -0.195. The highest BCUT2D eigenvalue weighted by Gasteiger charge is 2.26. The molecule has 0 rings (SSSR count). The maximum absolute atomic E-state index is 12.8. The molecule has 5 N–H and O–H groups in total. The first-order chi connectivity index (χ1) is 26.4. The normalized spacial score (nSPS) is 14.2. The Bertz CT molecular complexity index is 901. The van der Waals surface area contributed by atoms with Crippen molar-refractivity contribution in [3.63, 3.8) is 0 Å². The van der Waals surface area contributed by atoms with Gasteiger partial charge in [0.1, 0.15) is 0 Å². The first-order valence-corrected chi connectivity index (χ1v) is 24.5. The Morgan fingerprint density at radius 3 is 1.37 bits per heavy atom. The van der Waals surface area contributed by atoms with Crippen molar-refractivity contribution < 1.29 is 28.4 Å². The molecule has 0 aromatic rings. The van der Waals surface area contributed by atoms with Gasteiger partial charge in [0.2, 0.25) is 5.91 Å². The molecule has 320 valence electrons. The van der Waals surface area contributed by atoms with Crippen molar-refractivity contribution in [1.82, 2.24) is 5.32 Å². The van der Waals surface area contributed by atoms with Gasteiger partial charge in [-0.25, -0.2) is 4.57 Å². The number of carbonyl (C=O) groups is 1. The smallest absolute Gasteiger partial charge is 0.387 e. The largest absolute Gasteiger partial charge is 0.472 e. The predicted molar refractivity (Wildman–Crippen MR) is 231 cm³/mol. The number of allylic oxidation sites excluding steroid dienone is 3. The second kappa shape index (κ2) is 41.6. The summed E-state index contributed by atoms with van der Waals surface area (Å²) in [6.45, 7) is 4.15. The van der Waals surface area contributed by atoms with Crippen LogP contribution in [0.25, 0.3) is 0 Å². The van der Waals surface area contributed by atoms with Crippen molar-refractivity contribution in [3.8, 4) is 0 Å². The Kier molecular flexibility index (Phi) is 40.8. The fourth-order valence-corrected chi connectivity index (χ4v) is 7.53. The Balaban J connectivity index is 4.16. The number of hydrogen-bond acceptors (Lipinski definition) is 6. The van der Waals surface area contributed by atoms with E-state index in [1.54, 1.807) is 6.08 Å². The molecule has 0 saturated heterocycles. The van der Waals surface area contributed by atoms with Crippen LogP contribution in [0.4, 0.5) is 0 Å². The van der Waals surface area contributed by atoms with Gasteiger partial charge in [0, 0.05) is 13.0 Å². The molecule has 0 aromatic heterocycles. The number of nitrogens with two attached hydrogens (primary N) is 1. The molecular formula is C45H89N2O6P. The highest BCUT2D eigenvalue weighted by molar-refractivity contribution is 7.47. The van der Waals surface area contributed by atoms with Gasteiger partial charge in [-0.05, 0) is 44.9 Å². The predicted octanol–water partition coefficient (Wildman–Crippen LogP) is 12.9. The van der Waals surface area contributed by atoms with Crippen LogP contribution < -0.4 is 11.1 Å². The van der Waals surface area contributed by atoms with E-state index in [0.29, 0.717) is 6.42 Å². The second-order valence-electron chi connectivity index (χ2n) is 15.6. The van der Waals surface area contributed by atoms with Gasteiger partial charge in [0.05, 0.1) is 25.4 Å². The quantitative estimate of drug-likeness (QED) is 0.0275. The van der Waals surface area contributed by atoms with Crippen molar-refractivity contribution >= 4 is 13.7 Å². The number of phosphoric acid groups is 1. The Hall–Kier alpha value is -1.02. The third kappa shape index (κ3) is 39.2. The molecule has 0 spiro atoms. The molecule has 8 nitrogen and oxygen atoms in total. The number of rotatable bonds is 43. The summed E-state index contributed by atoms with van der Waals surface area (Å²) in [6, 6.07) is -0.858. The fourth-order valence-electron chi connectivity index (χ4n) is 6.77. The molecule has 0 aliphatic rings. The lowest BCUT2D eigenvalue weighted by Gasteiger charge is -2.23. The molecule has 54 heavy (non-hydrogen) atoms. The van der Waals surface area contributed by atoms with Crippen LogP contribution in [0.15, 0.2) is 24.3 Å². The van der Waals surface area contributed by atoms with E-state index in [4.69, 9.17) is 14.8 Å². The summed E-state index contributed by atoms with van der Waals surface area (Å²) in [5.41, 5.74) is 5.38. The lowest BCUT2D eigenvalue weighted by molar-refractivity contribution is -0.123. The van der Waals surface area contributed by atoms with Gasteiger partial charge in [-0.1, -0.05) is 199 Å². The molecular weight excluding hydrogens is 695 g/mol. The van der Waals surface area contributed by atoms with E-state index in [1.165, 1.54) is 167 Å². The second-order valence-corrected chi connectivity index (χ2v) is 17.1. The molecule has 0 heterocycles. The molecule has 1 amide bonds. The Labute approximate surface area is 334 Å². The molecule has 0 radical (unpaired) electrons. The molecule has 0 aromatic carbocycles. The highest BCUT2D eigenvalue weighted by Crippen LogP contribution is 2.43. The van der Waals surface area contributed by atoms with Crippen molar-refractivity contribution in [2.24, 2.45) is 5.73 Å². The minimum atomic E-state index is -4.34. The topological polar surface area (TPSA) is 131 Å². The first kappa shape index (κ1) is 53.0. The summed E-state index contributed by atoms with van der Waals surface area (Å²) in [4.78, 5) is 22.7. The van der Waals surface area contributed by atoms with Crippen LogP contribution in [0.5, 0.6) is 0 Å². The van der Waals surface area contributed by atoms with Crippen LogP contribution in [0.3, 0.4) is 0 Å². The number of unbranched alkanes of at least 4 members (excludes halogenated alkanes) is 29. The third-order valence-corrected chi connectivity index (χ3v) is 11.3. The zero-order valence-electron chi connectivity index (χ0n) is 35.5. The van der Waals surface area contributed by atoms with Gasteiger partial charge in [-0.2, -0.15) is 0 Å². The summed E-state index contributed by atoms with van der Waals surface area (Å²) >= 11 is 0. The molecule has 0 saturated carbocycles. The number of aliphatic hydroxyl groups excluding tert-OH is 1. The van der Waals surface area contributed by atoms with Crippen molar-refractivity contribution in [1.29, 1.82) is 0 Å².